The molecule has 1 heterocycles. The lowest BCUT2D eigenvalue weighted by molar-refractivity contribution is -0.419. The lowest BCUT2D eigenvalue weighted by Crippen LogP contribution is -2.20. The maximum atomic E-state index is 10.8. The van der Waals surface area contributed by atoms with Crippen molar-refractivity contribution in [2.45, 2.75) is 55.3 Å². The number of benzene rings is 1. The van der Waals surface area contributed by atoms with E-state index in [-0.39, 0.29) is 35.9 Å². The quantitative estimate of drug-likeness (QED) is 0.160. The van der Waals surface area contributed by atoms with Crippen LogP contribution in [-0.2, 0) is 16.1 Å². The SMILES string of the molecule is NSc1ccc(Nc2cc(C3CCC(OC4C=CC([N+](=O)[O-])=CC4)C3)[nH]n2)cc1CO.O=CO. The summed E-state index contributed by atoms with van der Waals surface area (Å²) in [5, 5.41) is 43.5. The summed E-state index contributed by atoms with van der Waals surface area (Å²) in [6, 6.07) is 7.64. The van der Waals surface area contributed by atoms with E-state index in [2.05, 4.69) is 15.5 Å². The highest BCUT2D eigenvalue weighted by atomic mass is 32.2. The third-order valence-corrected chi connectivity index (χ3v) is 6.32. The molecule has 0 aliphatic heterocycles. The van der Waals surface area contributed by atoms with Gasteiger partial charge < -0.3 is 20.3 Å². The summed E-state index contributed by atoms with van der Waals surface area (Å²) >= 11 is 1.11. The number of hydrogen-bond donors (Lipinski definition) is 5. The lowest BCUT2D eigenvalue weighted by atomic mass is 10.0. The summed E-state index contributed by atoms with van der Waals surface area (Å²) < 4.78 is 6.14. The second kappa shape index (κ2) is 12.3. The van der Waals surface area contributed by atoms with Gasteiger partial charge in [-0.1, -0.05) is 0 Å². The summed E-state index contributed by atoms with van der Waals surface area (Å²) in [6.07, 6.45) is 8.28. The molecular weight excluding hydrogens is 462 g/mol. The Hall–Kier alpha value is -3.19. The molecule has 0 bridgehead atoms. The van der Waals surface area contributed by atoms with Gasteiger partial charge in [-0.3, -0.25) is 25.1 Å². The number of H-pyrrole nitrogens is 1. The summed E-state index contributed by atoms with van der Waals surface area (Å²) in [5.41, 5.74) is 2.78. The average Bonchev–Trinajstić information content (AvgIpc) is 3.49. The number of carbonyl (C=O) groups is 1. The number of nitrogens with two attached hydrogens (primary N) is 1. The third-order valence-electron chi connectivity index (χ3n) is 5.67. The van der Waals surface area contributed by atoms with E-state index >= 15 is 0 Å². The fourth-order valence-corrected chi connectivity index (χ4v) is 4.49. The monoisotopic (exact) mass is 489 g/mol. The molecule has 3 atom stereocenters. The molecule has 0 amide bonds. The Morgan fingerprint density at radius 1 is 1.38 bits per heavy atom. The molecule has 2 aromatic rings. The van der Waals surface area contributed by atoms with Crippen LogP contribution in [0.4, 0.5) is 11.5 Å². The Morgan fingerprint density at radius 3 is 2.82 bits per heavy atom. The first-order valence-corrected chi connectivity index (χ1v) is 11.5. The maximum absolute atomic E-state index is 10.8. The van der Waals surface area contributed by atoms with Gasteiger partial charge >= 0.3 is 0 Å². The number of nitrogens with one attached hydrogen (secondary N) is 2. The Balaban J connectivity index is 0.00000103. The summed E-state index contributed by atoms with van der Waals surface area (Å²) in [4.78, 5) is 19.6. The predicted molar refractivity (Wildman–Crippen MR) is 127 cm³/mol. The van der Waals surface area contributed by atoms with Crippen molar-refractivity contribution in [3.8, 4) is 0 Å². The van der Waals surface area contributed by atoms with Crippen LogP contribution in [0.15, 0.2) is 53.1 Å². The van der Waals surface area contributed by atoms with Crippen LogP contribution in [-0.4, -0.2) is 44.0 Å². The first-order valence-electron chi connectivity index (χ1n) is 10.7. The maximum Gasteiger partial charge on any atom is 0.290 e. The molecule has 2 aliphatic carbocycles. The molecular formula is C22H27N5O6S. The van der Waals surface area contributed by atoms with Crippen LogP contribution in [0.2, 0.25) is 0 Å². The average molecular weight is 490 g/mol. The minimum absolute atomic E-state index is 0.0797. The highest BCUT2D eigenvalue weighted by Gasteiger charge is 2.30. The van der Waals surface area contributed by atoms with Gasteiger partial charge in [0.2, 0.25) is 0 Å². The molecule has 1 saturated carbocycles. The van der Waals surface area contributed by atoms with Crippen molar-refractivity contribution in [1.82, 2.24) is 10.2 Å². The number of aliphatic hydroxyl groups excluding tert-OH is 1. The number of aliphatic hydroxyl groups is 1. The number of anilines is 2. The zero-order valence-corrected chi connectivity index (χ0v) is 19.1. The van der Waals surface area contributed by atoms with Gasteiger partial charge in [0, 0.05) is 40.8 Å². The molecule has 182 valence electrons. The van der Waals surface area contributed by atoms with Crippen LogP contribution in [0.5, 0.6) is 0 Å². The Bertz CT molecular complexity index is 1060. The van der Waals surface area contributed by atoms with Gasteiger partial charge in [0.25, 0.3) is 12.2 Å². The number of hydrogen-bond acceptors (Lipinski definition) is 9. The van der Waals surface area contributed by atoms with Crippen LogP contribution in [0.1, 0.15) is 42.9 Å². The van der Waals surface area contributed by atoms with Gasteiger partial charge in [0.15, 0.2) is 5.82 Å². The van der Waals surface area contributed by atoms with Crippen molar-refractivity contribution in [2.75, 3.05) is 5.32 Å². The molecule has 3 unspecified atom stereocenters. The number of carboxylic acid groups (broad SMARTS) is 1. The van der Waals surface area contributed by atoms with E-state index in [0.29, 0.717) is 18.2 Å². The smallest absolute Gasteiger partial charge is 0.290 e. The largest absolute Gasteiger partial charge is 0.483 e. The van der Waals surface area contributed by atoms with Crippen molar-refractivity contribution in [3.63, 3.8) is 0 Å². The molecule has 6 N–H and O–H groups in total. The normalized spacial score (nSPS) is 21.4. The van der Waals surface area contributed by atoms with Gasteiger partial charge in [-0.05, 0) is 67.1 Å². The van der Waals surface area contributed by atoms with E-state index in [0.717, 1.165) is 53.1 Å². The minimum atomic E-state index is -0.377. The molecule has 0 radical (unpaired) electrons. The molecule has 2 aliphatic rings. The summed E-state index contributed by atoms with van der Waals surface area (Å²) in [5.74, 6) is 1.04. The zero-order valence-electron chi connectivity index (χ0n) is 18.3. The molecule has 11 nitrogen and oxygen atoms in total. The van der Waals surface area contributed by atoms with Crippen molar-refractivity contribution in [3.05, 3.63) is 69.6 Å². The first-order chi connectivity index (χ1) is 16.5. The van der Waals surface area contributed by atoms with Crippen LogP contribution in [0, 0.1) is 10.1 Å². The zero-order chi connectivity index (χ0) is 24.5. The molecule has 1 aromatic heterocycles. The molecule has 4 rings (SSSR count). The summed E-state index contributed by atoms with van der Waals surface area (Å²) in [6.45, 7) is -0.330. The number of nitro groups is 1. The van der Waals surface area contributed by atoms with Gasteiger partial charge in [-0.15, -0.1) is 0 Å². The molecule has 12 heteroatoms. The minimum Gasteiger partial charge on any atom is -0.483 e. The van der Waals surface area contributed by atoms with E-state index < -0.39 is 0 Å². The number of allylic oxidation sites excluding steroid dienone is 1. The first kappa shape index (κ1) is 25.4. The van der Waals surface area contributed by atoms with Gasteiger partial charge in [-0.25, -0.2) is 0 Å². The second-order valence-corrected chi connectivity index (χ2v) is 8.50. The summed E-state index contributed by atoms with van der Waals surface area (Å²) in [7, 11) is 0. The topological polar surface area (TPSA) is 177 Å². The number of aromatic amines is 1. The van der Waals surface area contributed by atoms with Crippen molar-refractivity contribution in [1.29, 1.82) is 0 Å². The third kappa shape index (κ3) is 6.67. The highest BCUT2D eigenvalue weighted by Crippen LogP contribution is 2.37. The fraction of sp³-hybridized carbons (Fsp3) is 0.364. The second-order valence-electron chi connectivity index (χ2n) is 7.82. The van der Waals surface area contributed by atoms with Crippen molar-refractivity contribution >= 4 is 29.9 Å². The molecule has 34 heavy (non-hydrogen) atoms. The number of nitrogens with zero attached hydrogens (tertiary/aromatic N) is 2. The van der Waals surface area contributed by atoms with Gasteiger partial charge in [0.05, 0.1) is 23.7 Å². The molecule has 1 fully saturated rings. The molecule has 0 saturated heterocycles. The Morgan fingerprint density at radius 2 is 2.18 bits per heavy atom. The van der Waals surface area contributed by atoms with Gasteiger partial charge in [-0.2, -0.15) is 5.10 Å². The number of rotatable bonds is 8. The standard InChI is InChI=1S/C21H25N5O4S.CH2O2/c22-31-20-8-2-15(9-14(20)12-27)23-21-11-19(24-25-21)13-1-5-18(10-13)30-17-6-3-16(4-7-17)26(28)29;2-1-3/h2-4,6,8-9,11,13,17-18,27H,1,5,7,10,12,22H2,(H2,23,24,25);1H,(H,2,3). The van der Waals surface area contributed by atoms with Crippen LogP contribution >= 0.6 is 11.9 Å². The van der Waals surface area contributed by atoms with E-state index in [9.17, 15) is 15.2 Å². The Kier molecular flexibility index (Phi) is 9.22. The van der Waals surface area contributed by atoms with Crippen molar-refractivity contribution in [2.24, 2.45) is 5.14 Å². The van der Waals surface area contributed by atoms with Crippen molar-refractivity contribution < 1.29 is 24.7 Å². The molecule has 0 spiro atoms. The van der Waals surface area contributed by atoms with Crippen LogP contribution in [0.3, 0.4) is 0 Å². The van der Waals surface area contributed by atoms with Crippen LogP contribution in [0.25, 0.3) is 0 Å². The highest BCUT2D eigenvalue weighted by molar-refractivity contribution is 7.97. The van der Waals surface area contributed by atoms with E-state index in [1.54, 1.807) is 12.2 Å². The lowest BCUT2D eigenvalue weighted by Gasteiger charge is -2.19. The van der Waals surface area contributed by atoms with E-state index in [1.165, 1.54) is 6.08 Å². The van der Waals surface area contributed by atoms with E-state index in [1.807, 2.05) is 24.3 Å². The van der Waals surface area contributed by atoms with E-state index in [4.69, 9.17) is 19.8 Å². The Labute approximate surface area is 200 Å². The fourth-order valence-electron chi connectivity index (χ4n) is 4.07. The van der Waals surface area contributed by atoms with Crippen LogP contribution < -0.4 is 10.5 Å². The van der Waals surface area contributed by atoms with Gasteiger partial charge in [0.1, 0.15) is 0 Å². The predicted octanol–water partition coefficient (Wildman–Crippen LogP) is 3.45. The number of aromatic nitrogens is 2. The number of ether oxygens (including phenoxy) is 1. The molecule has 1 aromatic carbocycles.